The third-order valence-corrected chi connectivity index (χ3v) is 15.6. The van der Waals surface area contributed by atoms with Gasteiger partial charge in [-0.1, -0.05) is 155 Å². The molecule has 0 atom stereocenters. The van der Waals surface area contributed by atoms with Crippen molar-refractivity contribution in [2.75, 3.05) is 0 Å². The molecule has 349 valence electrons. The van der Waals surface area contributed by atoms with Crippen LogP contribution < -0.4 is 5.19 Å². The quantitative estimate of drug-likeness (QED) is 0.118. The minimum atomic E-state index is -1.79. The number of furan rings is 1. The van der Waals surface area contributed by atoms with E-state index >= 15 is 0 Å². The van der Waals surface area contributed by atoms with Crippen molar-refractivity contribution in [1.82, 2.24) is 19.5 Å². The van der Waals surface area contributed by atoms with E-state index in [4.69, 9.17) is 18.5 Å². The van der Waals surface area contributed by atoms with Gasteiger partial charge in [0.15, 0.2) is 0 Å². The van der Waals surface area contributed by atoms with Crippen LogP contribution in [0.3, 0.4) is 0 Å². The number of hydrogen-bond donors (Lipinski definition) is 0. The first-order chi connectivity index (χ1) is 34.3. The third kappa shape index (κ3) is 8.22. The van der Waals surface area contributed by atoms with Crippen LogP contribution in [-0.2, 0) is 31.9 Å². The van der Waals surface area contributed by atoms with Crippen molar-refractivity contribution in [2.24, 2.45) is 0 Å². The van der Waals surface area contributed by atoms with E-state index in [1.54, 1.807) is 24.3 Å². The van der Waals surface area contributed by atoms with Crippen molar-refractivity contribution < 1.29 is 33.0 Å². The molecule has 0 spiro atoms. The second kappa shape index (κ2) is 18.2. The number of aryl methyl sites for hydroxylation is 1. The number of rotatable bonds is 7. The monoisotopic (exact) mass is 1110 g/mol. The summed E-state index contributed by atoms with van der Waals surface area (Å²) in [6.07, 6.45) is 0.0985. The fraction of sp³-hybridized carbons (Fsp3) is 0.177. The summed E-state index contributed by atoms with van der Waals surface area (Å²) < 4.78 is 48.2. The van der Waals surface area contributed by atoms with Crippen LogP contribution in [-0.4, -0.2) is 27.6 Å². The van der Waals surface area contributed by atoms with Gasteiger partial charge in [0.2, 0.25) is 5.71 Å². The van der Waals surface area contributed by atoms with Gasteiger partial charge < -0.3 is 14.0 Å². The van der Waals surface area contributed by atoms with Gasteiger partial charge in [-0.3, -0.25) is 9.37 Å². The Balaban J connectivity index is 0.000000235. The van der Waals surface area contributed by atoms with E-state index in [0.29, 0.717) is 22.6 Å². The van der Waals surface area contributed by atoms with E-state index in [9.17, 15) is 4.39 Å². The molecule has 0 saturated carbocycles. The van der Waals surface area contributed by atoms with Gasteiger partial charge in [-0.25, -0.2) is 4.98 Å². The van der Waals surface area contributed by atoms with Gasteiger partial charge in [0.1, 0.15) is 0 Å². The van der Waals surface area contributed by atoms with Crippen LogP contribution in [0.1, 0.15) is 71.2 Å². The zero-order valence-electron chi connectivity index (χ0n) is 43.4. The number of nitrogens with zero attached hydrogens (tertiary/aromatic N) is 4. The Labute approximate surface area is 428 Å². The average Bonchev–Trinajstić information content (AvgIpc) is 4.01. The van der Waals surface area contributed by atoms with Gasteiger partial charge in [0, 0.05) is 70.2 Å². The summed E-state index contributed by atoms with van der Waals surface area (Å²) in [6, 6.07) is 55.6. The summed E-state index contributed by atoms with van der Waals surface area (Å²) in [5.74, 6) is -0.270. The predicted octanol–water partition coefficient (Wildman–Crippen LogP) is 15.5. The first-order valence-corrected chi connectivity index (χ1v) is 27.0. The molecule has 8 heteroatoms. The Hall–Kier alpha value is -6.83. The zero-order chi connectivity index (χ0) is 50.5. The molecule has 0 bridgehead atoms. The van der Waals surface area contributed by atoms with Crippen LogP contribution in [0.15, 0.2) is 162 Å². The van der Waals surface area contributed by atoms with E-state index in [2.05, 4.69) is 135 Å². The third-order valence-electron chi connectivity index (χ3n) is 13.6. The summed E-state index contributed by atoms with van der Waals surface area (Å²) in [5, 5.41) is 5.10. The van der Waals surface area contributed by atoms with Gasteiger partial charge in [-0.2, -0.15) is 0 Å². The second-order valence-electron chi connectivity index (χ2n) is 19.8. The molecular weight excluding hydrogens is 1060 g/mol. The van der Waals surface area contributed by atoms with E-state index in [0.717, 1.165) is 72.0 Å². The summed E-state index contributed by atoms with van der Waals surface area (Å²) in [7, 11) is -1.57. The summed E-state index contributed by atoms with van der Waals surface area (Å²) >= 11 is 0. The van der Waals surface area contributed by atoms with Crippen LogP contribution in [0.5, 0.6) is 0 Å². The fourth-order valence-corrected chi connectivity index (χ4v) is 11.6. The van der Waals surface area contributed by atoms with Crippen LogP contribution >= 0.6 is 0 Å². The zero-order valence-corrected chi connectivity index (χ0v) is 43.8. The van der Waals surface area contributed by atoms with Crippen molar-refractivity contribution in [3.63, 3.8) is 0 Å². The Morgan fingerprint density at radius 1 is 0.786 bits per heavy atom. The minimum absolute atomic E-state index is 0. The molecule has 0 aliphatic heterocycles. The summed E-state index contributed by atoms with van der Waals surface area (Å²) in [6.45, 7) is 17.3. The van der Waals surface area contributed by atoms with E-state index in [1.165, 1.54) is 39.6 Å². The molecule has 1 aliphatic carbocycles. The normalized spacial score (nSPS) is 13.8. The molecule has 0 amide bonds. The van der Waals surface area contributed by atoms with Crippen molar-refractivity contribution in [2.45, 2.75) is 71.9 Å². The van der Waals surface area contributed by atoms with Crippen LogP contribution in [0.4, 0.5) is 4.39 Å². The molecule has 0 unspecified atom stereocenters. The predicted molar refractivity (Wildman–Crippen MR) is 285 cm³/mol. The van der Waals surface area contributed by atoms with Crippen LogP contribution in [0.25, 0.3) is 83.3 Å². The van der Waals surface area contributed by atoms with E-state index < -0.39 is 20.3 Å². The van der Waals surface area contributed by atoms with Gasteiger partial charge in [0.25, 0.3) is 0 Å². The van der Waals surface area contributed by atoms with Crippen LogP contribution in [0, 0.1) is 24.9 Å². The molecule has 12 rings (SSSR count). The topological polar surface area (TPSA) is 56.7 Å². The minimum Gasteiger partial charge on any atom is -0.486 e. The number of pyridine rings is 2. The second-order valence-corrected chi connectivity index (χ2v) is 24.8. The molecule has 70 heavy (non-hydrogen) atoms. The number of halogens is 1. The Kier molecular flexibility index (Phi) is 11.2. The maximum Gasteiger partial charge on any atom is 0.216 e. The van der Waals surface area contributed by atoms with Crippen molar-refractivity contribution in [1.29, 1.82) is 0 Å². The van der Waals surface area contributed by atoms with E-state index in [1.807, 2.05) is 62.5 Å². The summed E-state index contributed by atoms with van der Waals surface area (Å²) in [5.41, 5.74) is 14.2. The van der Waals surface area contributed by atoms with Gasteiger partial charge in [-0.05, 0) is 92.8 Å². The first-order valence-electron chi connectivity index (χ1n) is 25.0. The molecule has 5 nitrogen and oxygen atoms in total. The Morgan fingerprint density at radius 2 is 1.56 bits per heavy atom. The van der Waals surface area contributed by atoms with Crippen molar-refractivity contribution in [3.05, 3.63) is 209 Å². The molecule has 0 N–H and O–H groups in total. The molecule has 4 heterocycles. The SMILES string of the molecule is [2H]C(C)(C)c1cc(-c2[c-]cc(F)cc2)ncc1[Si](C)(C)C.[2H]C([2H])(c1ccccc1)c1ccc2c(n1)oc1c(-c3nc4c5ccccc5ccc4n3-c3cc4c(cc3C)-c3ccccc3C4(C)C)[c-]ccc12.[Ir]. The molecule has 11 aromatic rings. The van der Waals surface area contributed by atoms with Crippen molar-refractivity contribution in [3.8, 4) is 39.5 Å². The maximum atomic E-state index is 13.0. The number of aromatic nitrogens is 4. The Morgan fingerprint density at radius 3 is 2.33 bits per heavy atom. The molecule has 1 radical (unpaired) electrons. The molecule has 4 aromatic heterocycles. The smallest absolute Gasteiger partial charge is 0.216 e. The number of hydrogen-bond acceptors (Lipinski definition) is 4. The molecule has 0 fully saturated rings. The van der Waals surface area contributed by atoms with Gasteiger partial charge in [-0.15, -0.1) is 48.0 Å². The average molecular weight is 1110 g/mol. The first kappa shape index (κ1) is 43.2. The summed E-state index contributed by atoms with van der Waals surface area (Å²) in [4.78, 5) is 14.7. The van der Waals surface area contributed by atoms with E-state index in [-0.39, 0.29) is 31.3 Å². The van der Waals surface area contributed by atoms with Gasteiger partial charge in [0.05, 0.1) is 30.5 Å². The number of imidazole rings is 1. The molecule has 0 saturated heterocycles. The molecule has 7 aromatic carbocycles. The standard InChI is InChI=1S/C45H32N3O.C17H21FNSi.Ir/c1-27-24-36-32-16-9-10-19-37(32)45(2,3)38(36)26-40(27)48-39-23-20-29-14-7-8-15-31(29)41(39)47-43(48)35-18-11-17-33-34-22-21-30(46-44(34)49-42(33)35)25-28-12-5-4-6-13-28;1-12(2)15-10-16(13-6-8-14(18)9-7-13)19-11-17(15)20(3,4)5;/h4-17,19-24,26H,25H2,1-3H3;6,8-12H,1-5H3;/q2*-1;/i25D2;12D;. The largest absolute Gasteiger partial charge is 0.486 e. The molecule has 1 aliphatic rings. The van der Waals surface area contributed by atoms with Crippen LogP contribution in [0.2, 0.25) is 19.6 Å². The Bertz CT molecular complexity index is 3930. The number of fused-ring (bicyclic) bond motifs is 9. The number of benzene rings is 7. The maximum absolute atomic E-state index is 13.0. The van der Waals surface area contributed by atoms with Gasteiger partial charge >= 0.3 is 0 Å². The molecular formula is C62H53FIrN4OSi-2. The fourth-order valence-electron chi connectivity index (χ4n) is 10.0. The van der Waals surface area contributed by atoms with Crippen molar-refractivity contribution >= 4 is 57.1 Å².